The average molecular weight is 184 g/mol. The van der Waals surface area contributed by atoms with Gasteiger partial charge < -0.3 is 5.11 Å². The Kier molecular flexibility index (Phi) is 3.19. The van der Waals surface area contributed by atoms with Gasteiger partial charge in [0.1, 0.15) is 5.69 Å². The van der Waals surface area contributed by atoms with E-state index in [1.165, 1.54) is 18.0 Å². The number of aliphatic hydroxyl groups excluding tert-OH is 1. The lowest BCUT2D eigenvalue weighted by atomic mass is 10.2. The van der Waals surface area contributed by atoms with E-state index < -0.39 is 0 Å². The van der Waals surface area contributed by atoms with Crippen molar-refractivity contribution in [3.8, 4) is 0 Å². The highest BCUT2D eigenvalue weighted by atomic mass is 32.2. The Morgan fingerprint density at radius 1 is 1.75 bits per heavy atom. The highest BCUT2D eigenvalue weighted by Crippen LogP contribution is 2.10. The van der Waals surface area contributed by atoms with Crippen molar-refractivity contribution in [3.63, 3.8) is 0 Å². The molecular formula is C7H8N2O2S. The second-order valence-electron chi connectivity index (χ2n) is 2.04. The van der Waals surface area contributed by atoms with Gasteiger partial charge in [-0.2, -0.15) is 0 Å². The van der Waals surface area contributed by atoms with Crippen LogP contribution >= 0.6 is 11.8 Å². The zero-order chi connectivity index (χ0) is 8.97. The molecule has 4 nitrogen and oxygen atoms in total. The number of carbonyl (C=O) groups excluding carboxylic acids is 1. The van der Waals surface area contributed by atoms with Gasteiger partial charge in [0.15, 0.2) is 11.4 Å². The number of nitrogens with zero attached hydrogens (tertiary/aromatic N) is 2. The van der Waals surface area contributed by atoms with Crippen molar-refractivity contribution in [1.82, 2.24) is 9.97 Å². The number of aldehydes is 1. The van der Waals surface area contributed by atoms with Gasteiger partial charge in [-0.15, -0.1) is 0 Å². The number of carbonyl (C=O) groups is 1. The van der Waals surface area contributed by atoms with Gasteiger partial charge in [0, 0.05) is 11.8 Å². The van der Waals surface area contributed by atoms with Crippen LogP contribution in [0.25, 0.3) is 0 Å². The third-order valence-electron chi connectivity index (χ3n) is 1.34. The molecule has 0 spiro atoms. The highest BCUT2D eigenvalue weighted by molar-refractivity contribution is 7.98. The summed E-state index contributed by atoms with van der Waals surface area (Å²) in [4.78, 5) is 18.3. The summed E-state index contributed by atoms with van der Waals surface area (Å²) in [6.45, 7) is -0.206. The van der Waals surface area contributed by atoms with Crippen molar-refractivity contribution in [2.24, 2.45) is 0 Å². The fourth-order valence-electron chi connectivity index (χ4n) is 0.725. The summed E-state index contributed by atoms with van der Waals surface area (Å²) in [6, 6.07) is 0. The molecule has 12 heavy (non-hydrogen) atoms. The van der Waals surface area contributed by atoms with Crippen LogP contribution in [-0.4, -0.2) is 27.6 Å². The van der Waals surface area contributed by atoms with Gasteiger partial charge in [0.05, 0.1) is 6.61 Å². The average Bonchev–Trinajstić information content (AvgIpc) is 2.16. The Morgan fingerprint density at radius 3 is 3.00 bits per heavy atom. The molecule has 64 valence electrons. The van der Waals surface area contributed by atoms with Gasteiger partial charge >= 0.3 is 0 Å². The number of aromatic nitrogens is 2. The third kappa shape index (κ3) is 1.80. The first-order chi connectivity index (χ1) is 5.81. The second-order valence-corrected chi connectivity index (χ2v) is 2.82. The van der Waals surface area contributed by atoms with Crippen molar-refractivity contribution in [2.45, 2.75) is 11.8 Å². The van der Waals surface area contributed by atoms with Crippen LogP contribution in [0.1, 0.15) is 16.1 Å². The minimum Gasteiger partial charge on any atom is -0.392 e. The molecule has 0 unspecified atom stereocenters. The summed E-state index contributed by atoms with van der Waals surface area (Å²) >= 11 is 1.35. The lowest BCUT2D eigenvalue weighted by molar-refractivity contribution is 0.111. The SMILES string of the molecule is CSc1ncc(CO)c(C=O)n1. The molecule has 1 rings (SSSR count). The first-order valence-electron chi connectivity index (χ1n) is 3.27. The summed E-state index contributed by atoms with van der Waals surface area (Å²) < 4.78 is 0. The molecule has 1 heterocycles. The highest BCUT2D eigenvalue weighted by Gasteiger charge is 2.03. The van der Waals surface area contributed by atoms with E-state index in [0.717, 1.165) is 0 Å². The molecule has 1 N–H and O–H groups in total. The summed E-state index contributed by atoms with van der Waals surface area (Å²) in [5.74, 6) is 0. The van der Waals surface area contributed by atoms with Gasteiger partial charge in [0.25, 0.3) is 0 Å². The minimum atomic E-state index is -0.206. The van der Waals surface area contributed by atoms with Crippen molar-refractivity contribution in [2.75, 3.05) is 6.26 Å². The minimum absolute atomic E-state index is 0.206. The van der Waals surface area contributed by atoms with Gasteiger partial charge in [-0.05, 0) is 6.26 Å². The quantitative estimate of drug-likeness (QED) is 0.421. The van der Waals surface area contributed by atoms with Crippen molar-refractivity contribution >= 4 is 18.0 Å². The molecule has 0 amide bonds. The van der Waals surface area contributed by atoms with Crippen LogP contribution in [0.2, 0.25) is 0 Å². The number of hydrogen-bond donors (Lipinski definition) is 1. The Balaban J connectivity index is 3.10. The molecule has 0 aromatic carbocycles. The molecule has 0 radical (unpaired) electrons. The topological polar surface area (TPSA) is 63.1 Å². The van der Waals surface area contributed by atoms with E-state index in [1.807, 2.05) is 6.26 Å². The molecule has 0 aliphatic carbocycles. The molecule has 1 aromatic heterocycles. The Hall–Kier alpha value is -0.940. The van der Waals surface area contributed by atoms with Crippen LogP contribution in [0.15, 0.2) is 11.4 Å². The number of rotatable bonds is 3. The first-order valence-corrected chi connectivity index (χ1v) is 4.50. The van der Waals surface area contributed by atoms with Crippen LogP contribution in [0.4, 0.5) is 0 Å². The zero-order valence-corrected chi connectivity index (χ0v) is 7.34. The van der Waals surface area contributed by atoms with Crippen molar-refractivity contribution in [1.29, 1.82) is 0 Å². The van der Waals surface area contributed by atoms with Crippen LogP contribution in [0, 0.1) is 0 Å². The fraction of sp³-hybridized carbons (Fsp3) is 0.286. The number of thioether (sulfide) groups is 1. The molecule has 0 saturated heterocycles. The predicted molar refractivity (Wildman–Crippen MR) is 45.1 cm³/mol. The molecule has 0 atom stereocenters. The van der Waals surface area contributed by atoms with Crippen LogP contribution in [0.5, 0.6) is 0 Å². The maximum Gasteiger partial charge on any atom is 0.187 e. The predicted octanol–water partition coefficient (Wildman–Crippen LogP) is 0.503. The lowest BCUT2D eigenvalue weighted by Crippen LogP contribution is -1.99. The third-order valence-corrected chi connectivity index (χ3v) is 1.90. The van der Waals surface area contributed by atoms with Crippen molar-refractivity contribution < 1.29 is 9.90 Å². The summed E-state index contributed by atoms with van der Waals surface area (Å²) in [7, 11) is 0. The Morgan fingerprint density at radius 2 is 2.50 bits per heavy atom. The molecule has 1 aromatic rings. The van der Waals surface area contributed by atoms with E-state index in [9.17, 15) is 4.79 Å². The summed E-state index contributed by atoms with van der Waals surface area (Å²) in [6.07, 6.45) is 3.90. The van der Waals surface area contributed by atoms with E-state index in [-0.39, 0.29) is 12.3 Å². The van der Waals surface area contributed by atoms with E-state index in [0.29, 0.717) is 17.0 Å². The van der Waals surface area contributed by atoms with Crippen molar-refractivity contribution in [3.05, 3.63) is 17.5 Å². The van der Waals surface area contributed by atoms with Crippen LogP contribution < -0.4 is 0 Å². The van der Waals surface area contributed by atoms with Crippen LogP contribution in [0.3, 0.4) is 0 Å². The van der Waals surface area contributed by atoms with Gasteiger partial charge in [-0.1, -0.05) is 11.8 Å². The number of aliphatic hydroxyl groups is 1. The Labute approximate surface area is 74.0 Å². The normalized spacial score (nSPS) is 9.83. The fourth-order valence-corrected chi connectivity index (χ4v) is 1.07. The molecule has 0 aliphatic rings. The molecule has 0 bridgehead atoms. The van der Waals surface area contributed by atoms with Gasteiger partial charge in [0.2, 0.25) is 0 Å². The summed E-state index contributed by atoms with van der Waals surface area (Å²) in [5, 5.41) is 9.30. The molecular weight excluding hydrogens is 176 g/mol. The van der Waals surface area contributed by atoms with Gasteiger partial charge in [-0.25, -0.2) is 9.97 Å². The molecule has 0 saturated carbocycles. The molecule has 0 aliphatic heterocycles. The van der Waals surface area contributed by atoms with E-state index >= 15 is 0 Å². The Bertz CT molecular complexity index is 291. The summed E-state index contributed by atoms with van der Waals surface area (Å²) in [5.41, 5.74) is 0.722. The second kappa shape index (κ2) is 4.18. The van der Waals surface area contributed by atoms with Gasteiger partial charge in [-0.3, -0.25) is 4.79 Å². The largest absolute Gasteiger partial charge is 0.392 e. The van der Waals surface area contributed by atoms with E-state index in [2.05, 4.69) is 9.97 Å². The standard InChI is InChI=1S/C7H8N2O2S/c1-12-7-8-2-5(3-10)6(4-11)9-7/h2,4,10H,3H2,1H3. The molecule has 0 fully saturated rings. The maximum atomic E-state index is 10.4. The monoisotopic (exact) mass is 184 g/mol. The maximum absolute atomic E-state index is 10.4. The van der Waals surface area contributed by atoms with E-state index in [4.69, 9.17) is 5.11 Å². The van der Waals surface area contributed by atoms with E-state index in [1.54, 1.807) is 0 Å². The first kappa shape index (κ1) is 9.15. The number of hydrogen-bond acceptors (Lipinski definition) is 5. The smallest absolute Gasteiger partial charge is 0.187 e. The molecule has 5 heteroatoms. The lowest BCUT2D eigenvalue weighted by Gasteiger charge is -2.00. The zero-order valence-electron chi connectivity index (χ0n) is 6.52. The van der Waals surface area contributed by atoms with Crippen LogP contribution in [-0.2, 0) is 6.61 Å².